The molecule has 0 heterocycles. The van der Waals surface area contributed by atoms with Crippen molar-refractivity contribution in [3.63, 3.8) is 0 Å². The van der Waals surface area contributed by atoms with Gasteiger partial charge in [-0.05, 0) is 12.8 Å². The van der Waals surface area contributed by atoms with Gasteiger partial charge in [-0.15, -0.1) is 12.3 Å². The summed E-state index contributed by atoms with van der Waals surface area (Å²) in [6.07, 6.45) is 7.53. The third kappa shape index (κ3) is 1.56. The molecule has 0 aromatic heterocycles. The van der Waals surface area contributed by atoms with Crippen molar-refractivity contribution in [3.8, 4) is 12.3 Å². The third-order valence-corrected chi connectivity index (χ3v) is 0.813. The minimum Gasteiger partial charge on any atom is -0.120 e. The van der Waals surface area contributed by atoms with Crippen LogP contribution in [-0.4, -0.2) is 18.9 Å². The van der Waals surface area contributed by atoms with E-state index >= 15 is 0 Å². The molecule has 1 fully saturated rings. The zero-order chi connectivity index (χ0) is 3.70. The van der Waals surface area contributed by atoms with E-state index in [1.165, 1.54) is 12.8 Å². The maximum Gasteiger partial charge on any atom is 0.0201 e. The van der Waals surface area contributed by atoms with Crippen molar-refractivity contribution in [2.24, 2.45) is 5.92 Å². The third-order valence-electron chi connectivity index (χ3n) is 0.813. The van der Waals surface area contributed by atoms with E-state index in [4.69, 9.17) is 6.42 Å². The van der Waals surface area contributed by atoms with Crippen LogP contribution in [0.15, 0.2) is 0 Å². The molecule has 0 spiro atoms. The van der Waals surface area contributed by atoms with E-state index in [0.717, 1.165) is 0 Å². The Hall–Kier alpha value is 0.157. The Bertz CT molecular complexity index is 66.5. The standard InChI is InChI=1S/C5H6.Li/c1-2-5-3-4-5;/h1,5H,3-4H2;. The molecule has 1 heteroatoms. The van der Waals surface area contributed by atoms with Crippen LogP contribution in [0.4, 0.5) is 0 Å². The predicted molar refractivity (Wildman–Crippen MR) is 27.3 cm³/mol. The second-order valence-electron chi connectivity index (χ2n) is 1.44. The summed E-state index contributed by atoms with van der Waals surface area (Å²) in [5.74, 6) is 3.30. The first kappa shape index (κ1) is 6.16. The zero-order valence-electron chi connectivity index (χ0n) is 4.07. The van der Waals surface area contributed by atoms with Crippen LogP contribution in [0, 0.1) is 18.3 Å². The summed E-state index contributed by atoms with van der Waals surface area (Å²) in [6.45, 7) is 0. The molecule has 0 unspecified atom stereocenters. The molecule has 0 nitrogen and oxygen atoms in total. The SMILES string of the molecule is C#CC1CC1.[Li]. The smallest absolute Gasteiger partial charge is 0.0201 e. The molecule has 1 aliphatic carbocycles. The second-order valence-corrected chi connectivity index (χ2v) is 1.44. The molecule has 1 radical (unpaired) electrons. The van der Waals surface area contributed by atoms with E-state index in [2.05, 4.69) is 5.92 Å². The van der Waals surface area contributed by atoms with Crippen molar-refractivity contribution in [2.45, 2.75) is 12.8 Å². The first-order chi connectivity index (χ1) is 2.43. The topological polar surface area (TPSA) is 0 Å². The summed E-state index contributed by atoms with van der Waals surface area (Å²) < 4.78 is 0. The van der Waals surface area contributed by atoms with Crippen LogP contribution < -0.4 is 0 Å². The Kier molecular flexibility index (Phi) is 2.41. The molecular formula is C5H6Li. The van der Waals surface area contributed by atoms with Crippen molar-refractivity contribution in [2.75, 3.05) is 0 Å². The number of terminal acetylenes is 1. The van der Waals surface area contributed by atoms with E-state index in [1.807, 2.05) is 0 Å². The fourth-order valence-corrected chi connectivity index (χ4v) is 0.250. The largest absolute Gasteiger partial charge is 0.120 e. The molecule has 0 aromatic carbocycles. The second kappa shape index (κ2) is 2.35. The summed E-state index contributed by atoms with van der Waals surface area (Å²) >= 11 is 0. The van der Waals surface area contributed by atoms with Crippen LogP contribution >= 0.6 is 0 Å². The Balaban J connectivity index is 0.000000250. The molecule has 0 aliphatic heterocycles. The van der Waals surface area contributed by atoms with E-state index in [9.17, 15) is 0 Å². The molecule has 0 bridgehead atoms. The van der Waals surface area contributed by atoms with Crippen molar-refractivity contribution in [1.29, 1.82) is 0 Å². The quantitative estimate of drug-likeness (QED) is 0.291. The molecule has 1 rings (SSSR count). The van der Waals surface area contributed by atoms with Crippen LogP contribution in [0.1, 0.15) is 12.8 Å². The van der Waals surface area contributed by atoms with Crippen LogP contribution in [0.2, 0.25) is 0 Å². The summed E-state index contributed by atoms with van der Waals surface area (Å²) in [6, 6.07) is 0. The van der Waals surface area contributed by atoms with Crippen LogP contribution in [0.3, 0.4) is 0 Å². The molecule has 1 saturated carbocycles. The number of hydrogen-bond donors (Lipinski definition) is 0. The maximum atomic E-state index is 4.98. The summed E-state index contributed by atoms with van der Waals surface area (Å²) in [4.78, 5) is 0. The van der Waals surface area contributed by atoms with Gasteiger partial charge in [-0.3, -0.25) is 0 Å². The van der Waals surface area contributed by atoms with Gasteiger partial charge in [0.15, 0.2) is 0 Å². The Morgan fingerprint density at radius 3 is 2.00 bits per heavy atom. The Morgan fingerprint density at radius 1 is 1.50 bits per heavy atom. The number of rotatable bonds is 0. The van der Waals surface area contributed by atoms with Gasteiger partial charge in [-0.2, -0.15) is 0 Å². The van der Waals surface area contributed by atoms with E-state index in [-0.39, 0.29) is 18.9 Å². The van der Waals surface area contributed by atoms with Crippen LogP contribution in [0.5, 0.6) is 0 Å². The van der Waals surface area contributed by atoms with Gasteiger partial charge < -0.3 is 0 Å². The fraction of sp³-hybridized carbons (Fsp3) is 0.600. The Labute approximate surface area is 50.5 Å². The average molecular weight is 73.0 g/mol. The van der Waals surface area contributed by atoms with Crippen molar-refractivity contribution in [1.82, 2.24) is 0 Å². The summed E-state index contributed by atoms with van der Waals surface area (Å²) in [5, 5.41) is 0. The first-order valence-corrected chi connectivity index (χ1v) is 1.89. The van der Waals surface area contributed by atoms with Gasteiger partial charge in [0.1, 0.15) is 0 Å². The predicted octanol–water partition coefficient (Wildman–Crippen LogP) is 0.649. The minimum atomic E-state index is 0. The van der Waals surface area contributed by atoms with Crippen LogP contribution in [-0.2, 0) is 0 Å². The van der Waals surface area contributed by atoms with E-state index in [1.54, 1.807) is 0 Å². The molecule has 6 heavy (non-hydrogen) atoms. The van der Waals surface area contributed by atoms with Gasteiger partial charge in [0, 0.05) is 24.8 Å². The molecular weight excluding hydrogens is 67.0 g/mol. The molecule has 27 valence electrons. The van der Waals surface area contributed by atoms with Gasteiger partial charge in [0.2, 0.25) is 0 Å². The van der Waals surface area contributed by atoms with E-state index in [0.29, 0.717) is 5.92 Å². The van der Waals surface area contributed by atoms with Crippen LogP contribution in [0.25, 0.3) is 0 Å². The van der Waals surface area contributed by atoms with Gasteiger partial charge in [-0.1, -0.05) is 0 Å². The normalized spacial score (nSPS) is 17.8. The van der Waals surface area contributed by atoms with Crippen molar-refractivity contribution < 1.29 is 0 Å². The summed E-state index contributed by atoms with van der Waals surface area (Å²) in [5.41, 5.74) is 0. The zero-order valence-corrected chi connectivity index (χ0v) is 4.07. The maximum absolute atomic E-state index is 4.98. The van der Waals surface area contributed by atoms with E-state index < -0.39 is 0 Å². The van der Waals surface area contributed by atoms with Crippen molar-refractivity contribution >= 4 is 18.9 Å². The Morgan fingerprint density at radius 2 is 2.00 bits per heavy atom. The number of hydrogen-bond acceptors (Lipinski definition) is 0. The van der Waals surface area contributed by atoms with Gasteiger partial charge in [0.05, 0.1) is 0 Å². The molecule has 0 aromatic rings. The van der Waals surface area contributed by atoms with Crippen molar-refractivity contribution in [3.05, 3.63) is 0 Å². The average Bonchev–Trinajstić information content (AvgIpc) is 2.12. The van der Waals surface area contributed by atoms with Gasteiger partial charge in [0.25, 0.3) is 0 Å². The van der Waals surface area contributed by atoms with Gasteiger partial charge in [-0.25, -0.2) is 0 Å². The molecule has 0 saturated heterocycles. The molecule has 1 aliphatic rings. The summed E-state index contributed by atoms with van der Waals surface area (Å²) in [7, 11) is 0. The minimum absolute atomic E-state index is 0. The molecule has 0 N–H and O–H groups in total. The molecule has 0 amide bonds. The monoisotopic (exact) mass is 73.1 g/mol. The first-order valence-electron chi connectivity index (χ1n) is 1.89. The molecule has 0 atom stereocenters. The van der Waals surface area contributed by atoms with Gasteiger partial charge >= 0.3 is 0 Å². The fourth-order valence-electron chi connectivity index (χ4n) is 0.250.